The fraction of sp³-hybridized carbons (Fsp3) is 0.800. The number of rotatable bonds is 4. The third-order valence-corrected chi connectivity index (χ3v) is 2.69. The molecule has 0 saturated heterocycles. The summed E-state index contributed by atoms with van der Waals surface area (Å²) in [4.78, 5) is 23.6. The number of nitrogens with zero attached hydrogens (tertiary/aromatic N) is 1. The molecule has 94 valence electrons. The zero-order valence-electron chi connectivity index (χ0n) is 10.2. The molecule has 0 heterocycles. The smallest absolute Gasteiger partial charge is 0.410 e. The van der Waals surface area contributed by atoms with Crippen molar-refractivity contribution in [2.75, 3.05) is 20.8 Å². The second kappa shape index (κ2) is 4.67. The molecular weight excluding hydrogens is 217 g/mol. The molecule has 1 N–H and O–H groups in total. The lowest BCUT2D eigenvalue weighted by Crippen LogP contribution is -2.54. The normalized spacial score (nSPS) is 15.1. The van der Waals surface area contributed by atoms with Crippen LogP contribution >= 0.6 is 0 Å². The molecule has 0 aliphatic carbocycles. The van der Waals surface area contributed by atoms with Crippen molar-refractivity contribution in [1.82, 2.24) is 4.90 Å². The Hall–Kier alpha value is -1.33. The Morgan fingerprint density at radius 3 is 2.00 bits per heavy atom. The number of hydrogen-bond donors (Lipinski definition) is 1. The molecule has 0 aromatic rings. The number of carbonyl (C=O) groups excluding carboxylic acids is 1. The van der Waals surface area contributed by atoms with Gasteiger partial charge in [0.15, 0.2) is 0 Å². The molecule has 1 unspecified atom stereocenters. The zero-order chi connectivity index (χ0) is 13.1. The average molecular weight is 235 g/mol. The van der Waals surface area contributed by atoms with Gasteiger partial charge in [-0.15, -0.1) is 0 Å². The van der Waals surface area contributed by atoms with Crippen molar-refractivity contribution in [2.45, 2.75) is 26.4 Å². The Balaban J connectivity index is 5.15. The summed E-state index contributed by atoms with van der Waals surface area (Å²) in [7, 11) is 2.85. The van der Waals surface area contributed by atoms with Crippen LogP contribution < -0.4 is 0 Å². The van der Waals surface area contributed by atoms with Crippen molar-refractivity contribution in [3.63, 3.8) is 0 Å². The van der Waals surface area contributed by atoms with E-state index < -0.39 is 29.8 Å². The van der Waals surface area contributed by atoms with E-state index in [4.69, 9.17) is 9.84 Å². The maximum absolute atomic E-state index is 12.8. The first kappa shape index (κ1) is 14.7. The van der Waals surface area contributed by atoms with Gasteiger partial charge in [0.1, 0.15) is 0 Å². The van der Waals surface area contributed by atoms with E-state index in [1.54, 1.807) is 0 Å². The lowest BCUT2D eigenvalue weighted by atomic mass is 9.77. The average Bonchev–Trinajstić information content (AvgIpc) is 2.16. The molecule has 1 amide bonds. The summed E-state index contributed by atoms with van der Waals surface area (Å²) < 4.78 is 17.7. The molecule has 0 aliphatic rings. The van der Waals surface area contributed by atoms with Gasteiger partial charge in [-0.05, 0) is 6.92 Å². The predicted molar refractivity (Wildman–Crippen MR) is 56.0 cm³/mol. The molecule has 0 aromatic carbocycles. The van der Waals surface area contributed by atoms with Gasteiger partial charge >= 0.3 is 12.1 Å². The molecule has 0 spiro atoms. The Bertz CT molecular complexity index is 291. The highest BCUT2D eigenvalue weighted by atomic mass is 19.1. The quantitative estimate of drug-likeness (QED) is 0.802. The van der Waals surface area contributed by atoms with Gasteiger partial charge in [-0.1, -0.05) is 13.8 Å². The van der Waals surface area contributed by atoms with Crippen molar-refractivity contribution >= 4 is 12.1 Å². The lowest BCUT2D eigenvalue weighted by Gasteiger charge is -2.38. The van der Waals surface area contributed by atoms with Gasteiger partial charge in [0.2, 0.25) is 5.60 Å². The number of alkyl halides is 1. The van der Waals surface area contributed by atoms with E-state index in [0.29, 0.717) is 0 Å². The molecule has 1 atom stereocenters. The number of hydrogen-bond acceptors (Lipinski definition) is 3. The highest BCUT2D eigenvalue weighted by Crippen LogP contribution is 2.35. The summed E-state index contributed by atoms with van der Waals surface area (Å²) in [6.07, 6.45) is -0.813. The number of carboxylic acids is 1. The van der Waals surface area contributed by atoms with E-state index in [9.17, 15) is 14.0 Å². The van der Waals surface area contributed by atoms with E-state index in [1.165, 1.54) is 34.9 Å². The molecule has 16 heavy (non-hydrogen) atoms. The fourth-order valence-electron chi connectivity index (χ4n) is 0.865. The standard InChI is InChI=1S/C10H18FNO4/c1-9(2,6-11)10(3,7(13)14)16-8(15)12(4)5/h6H2,1-5H3,(H,13,14). The first-order valence-corrected chi connectivity index (χ1v) is 4.78. The minimum atomic E-state index is -1.90. The van der Waals surface area contributed by atoms with E-state index in [1.807, 2.05) is 0 Å². The first-order chi connectivity index (χ1) is 7.08. The van der Waals surface area contributed by atoms with Crippen LogP contribution in [0, 0.1) is 5.41 Å². The third-order valence-electron chi connectivity index (χ3n) is 2.69. The van der Waals surface area contributed by atoms with Crippen LogP contribution in [-0.4, -0.2) is 48.4 Å². The second-order valence-electron chi connectivity index (χ2n) is 4.62. The van der Waals surface area contributed by atoms with Crippen LogP contribution in [0.1, 0.15) is 20.8 Å². The summed E-state index contributed by atoms with van der Waals surface area (Å²) in [6.45, 7) is 3.07. The summed E-state index contributed by atoms with van der Waals surface area (Å²) in [5.41, 5.74) is -3.20. The number of ether oxygens (including phenoxy) is 1. The first-order valence-electron chi connectivity index (χ1n) is 4.78. The number of amides is 1. The van der Waals surface area contributed by atoms with Crippen LogP contribution in [-0.2, 0) is 9.53 Å². The van der Waals surface area contributed by atoms with Gasteiger partial charge in [-0.2, -0.15) is 0 Å². The van der Waals surface area contributed by atoms with E-state index in [-0.39, 0.29) is 0 Å². The lowest BCUT2D eigenvalue weighted by molar-refractivity contribution is -0.172. The van der Waals surface area contributed by atoms with Crippen LogP contribution in [0.5, 0.6) is 0 Å². The maximum atomic E-state index is 12.8. The molecule has 0 aromatic heterocycles. The van der Waals surface area contributed by atoms with Crippen LogP contribution in [0.25, 0.3) is 0 Å². The Labute approximate surface area is 94.2 Å². The summed E-state index contributed by atoms with van der Waals surface area (Å²) in [6, 6.07) is 0. The minimum Gasteiger partial charge on any atom is -0.478 e. The minimum absolute atomic E-state index is 0.813. The van der Waals surface area contributed by atoms with Gasteiger partial charge < -0.3 is 14.7 Å². The summed E-state index contributed by atoms with van der Waals surface area (Å²) in [5.74, 6) is -1.37. The van der Waals surface area contributed by atoms with Crippen LogP contribution in [0.2, 0.25) is 0 Å². The van der Waals surface area contributed by atoms with Gasteiger partial charge in [0.05, 0.1) is 6.67 Å². The molecular formula is C10H18FNO4. The van der Waals surface area contributed by atoms with E-state index in [2.05, 4.69) is 0 Å². The number of halogens is 1. The van der Waals surface area contributed by atoms with Crippen LogP contribution in [0.15, 0.2) is 0 Å². The molecule has 0 aliphatic heterocycles. The van der Waals surface area contributed by atoms with Crippen LogP contribution in [0.4, 0.5) is 9.18 Å². The SMILES string of the molecule is CN(C)C(=O)OC(C)(C(=O)O)C(C)(C)CF. The highest BCUT2D eigenvalue weighted by molar-refractivity contribution is 5.82. The molecule has 0 bridgehead atoms. The molecule has 0 rings (SSSR count). The van der Waals surface area contributed by atoms with Crippen molar-refractivity contribution in [1.29, 1.82) is 0 Å². The largest absolute Gasteiger partial charge is 0.478 e. The third kappa shape index (κ3) is 2.62. The van der Waals surface area contributed by atoms with Crippen molar-refractivity contribution in [2.24, 2.45) is 5.41 Å². The topological polar surface area (TPSA) is 66.8 Å². The van der Waals surface area contributed by atoms with E-state index in [0.717, 1.165) is 4.90 Å². The van der Waals surface area contributed by atoms with Gasteiger partial charge in [0.25, 0.3) is 0 Å². The Morgan fingerprint density at radius 1 is 1.31 bits per heavy atom. The Morgan fingerprint density at radius 2 is 1.75 bits per heavy atom. The summed E-state index contributed by atoms with van der Waals surface area (Å²) >= 11 is 0. The molecule has 0 radical (unpaired) electrons. The monoisotopic (exact) mass is 235 g/mol. The van der Waals surface area contributed by atoms with Crippen LogP contribution in [0.3, 0.4) is 0 Å². The number of carboxylic acid groups (broad SMARTS) is 1. The van der Waals surface area contributed by atoms with Gasteiger partial charge in [0, 0.05) is 19.5 Å². The Kier molecular flexibility index (Phi) is 4.28. The van der Waals surface area contributed by atoms with Gasteiger partial charge in [-0.25, -0.2) is 9.59 Å². The summed E-state index contributed by atoms with van der Waals surface area (Å²) in [5, 5.41) is 9.07. The number of carbonyl (C=O) groups is 2. The van der Waals surface area contributed by atoms with Crippen molar-refractivity contribution in [3.05, 3.63) is 0 Å². The molecule has 0 fully saturated rings. The fourth-order valence-corrected chi connectivity index (χ4v) is 0.865. The molecule has 5 nitrogen and oxygen atoms in total. The maximum Gasteiger partial charge on any atom is 0.410 e. The second-order valence-corrected chi connectivity index (χ2v) is 4.62. The molecule has 0 saturated carbocycles. The molecule has 6 heteroatoms. The van der Waals surface area contributed by atoms with Crippen molar-refractivity contribution < 1.29 is 23.8 Å². The number of aliphatic carboxylic acids is 1. The van der Waals surface area contributed by atoms with Crippen molar-refractivity contribution in [3.8, 4) is 0 Å². The van der Waals surface area contributed by atoms with E-state index >= 15 is 0 Å². The zero-order valence-corrected chi connectivity index (χ0v) is 10.2. The van der Waals surface area contributed by atoms with Gasteiger partial charge in [-0.3, -0.25) is 4.39 Å². The highest BCUT2D eigenvalue weighted by Gasteiger charge is 2.51. The predicted octanol–water partition coefficient (Wildman–Crippen LogP) is 1.52.